The number of halogens is 2. The Morgan fingerprint density at radius 3 is 2.78 bits per heavy atom. The molecule has 4 atom stereocenters. The summed E-state index contributed by atoms with van der Waals surface area (Å²) in [6.07, 6.45) is 5.21. The SMILES string of the molecule is COC(=O)C1C2CC[C@H](C[C@@H]1c1ccc(F)cc1)N2C/C=C/[123I]. The molecule has 2 saturated heterocycles. The average Bonchev–Trinajstić information content (AvgIpc) is 2.84. The largest absolute Gasteiger partial charge is 0.469 e. The Kier molecular flexibility index (Phi) is 5.36. The highest BCUT2D eigenvalue weighted by molar-refractivity contribution is 14.1. The van der Waals surface area contributed by atoms with Gasteiger partial charge in [0.2, 0.25) is 0 Å². The smallest absolute Gasteiger partial charge is 0.310 e. The second kappa shape index (κ2) is 7.30. The monoisotopic (exact) mass is 425 g/mol. The van der Waals surface area contributed by atoms with Crippen molar-refractivity contribution in [3.63, 3.8) is 0 Å². The molecule has 2 heterocycles. The molecule has 0 saturated carbocycles. The molecule has 2 aliphatic rings. The summed E-state index contributed by atoms with van der Waals surface area (Å²) in [5, 5.41) is 0. The molecule has 3 nitrogen and oxygen atoms in total. The van der Waals surface area contributed by atoms with Gasteiger partial charge in [-0.05, 0) is 41.0 Å². The van der Waals surface area contributed by atoms with E-state index in [1.54, 1.807) is 0 Å². The summed E-state index contributed by atoms with van der Waals surface area (Å²) in [5.41, 5.74) is 1.04. The summed E-state index contributed by atoms with van der Waals surface area (Å²) in [5.74, 6) is -0.448. The fourth-order valence-corrected chi connectivity index (χ4v) is 4.50. The van der Waals surface area contributed by atoms with Crippen molar-refractivity contribution < 1.29 is 13.9 Å². The van der Waals surface area contributed by atoms with Gasteiger partial charge in [0, 0.05) is 24.5 Å². The van der Waals surface area contributed by atoms with E-state index in [0.29, 0.717) is 6.04 Å². The molecule has 0 spiro atoms. The highest BCUT2D eigenvalue weighted by Gasteiger charge is 2.50. The predicted octanol–water partition coefficient (Wildman–Crippen LogP) is 3.88. The molecule has 0 N–H and O–H groups in total. The molecule has 5 heteroatoms. The van der Waals surface area contributed by atoms with Gasteiger partial charge in [-0.25, -0.2) is 4.39 Å². The van der Waals surface area contributed by atoms with Gasteiger partial charge in [0.15, 0.2) is 0 Å². The van der Waals surface area contributed by atoms with Gasteiger partial charge in [0.1, 0.15) is 5.82 Å². The number of methoxy groups -OCH3 is 1. The maximum Gasteiger partial charge on any atom is 0.310 e. The highest BCUT2D eigenvalue weighted by atomic mass is 123. The van der Waals surface area contributed by atoms with Crippen molar-refractivity contribution in [2.75, 3.05) is 13.7 Å². The first-order valence-corrected chi connectivity index (χ1v) is 9.24. The van der Waals surface area contributed by atoms with Crippen LogP contribution >= 0.6 is 22.6 Å². The van der Waals surface area contributed by atoms with Gasteiger partial charge in [0.25, 0.3) is 0 Å². The molecule has 0 aromatic heterocycles. The molecule has 2 unspecified atom stereocenters. The number of fused-ring (bicyclic) bond motifs is 2. The van der Waals surface area contributed by atoms with Crippen molar-refractivity contribution in [3.8, 4) is 0 Å². The third kappa shape index (κ3) is 3.31. The van der Waals surface area contributed by atoms with Crippen molar-refractivity contribution in [1.82, 2.24) is 4.90 Å². The minimum Gasteiger partial charge on any atom is -0.469 e. The van der Waals surface area contributed by atoms with E-state index >= 15 is 0 Å². The Morgan fingerprint density at radius 1 is 1.39 bits per heavy atom. The van der Waals surface area contributed by atoms with E-state index in [0.717, 1.165) is 31.4 Å². The molecule has 0 amide bonds. The van der Waals surface area contributed by atoms with Crippen LogP contribution in [0.1, 0.15) is 30.7 Å². The summed E-state index contributed by atoms with van der Waals surface area (Å²) < 4.78 is 20.4. The number of benzene rings is 1. The third-order valence-corrected chi connectivity index (χ3v) is 5.75. The van der Waals surface area contributed by atoms with E-state index in [1.807, 2.05) is 16.2 Å². The van der Waals surface area contributed by atoms with Crippen LogP contribution in [0, 0.1) is 11.7 Å². The molecule has 0 aliphatic carbocycles. The van der Waals surface area contributed by atoms with Crippen LogP contribution in [0.4, 0.5) is 4.39 Å². The Hall–Kier alpha value is -0.950. The third-order valence-electron chi connectivity index (χ3n) is 5.24. The summed E-state index contributed by atoms with van der Waals surface area (Å²) in [6, 6.07) is 7.30. The first-order valence-electron chi connectivity index (χ1n) is 8.00. The molecular formula is C18H21FINO2. The summed E-state index contributed by atoms with van der Waals surface area (Å²) in [7, 11) is 1.46. The van der Waals surface area contributed by atoms with Crippen LogP contribution in [-0.2, 0) is 9.53 Å². The van der Waals surface area contributed by atoms with Crippen LogP contribution in [-0.4, -0.2) is 36.6 Å². The van der Waals surface area contributed by atoms with Gasteiger partial charge in [-0.2, -0.15) is 0 Å². The molecule has 2 aliphatic heterocycles. The zero-order valence-electron chi connectivity index (χ0n) is 13.1. The van der Waals surface area contributed by atoms with Crippen LogP contribution in [0.5, 0.6) is 0 Å². The second-order valence-corrected chi connectivity index (χ2v) is 7.02. The molecule has 3 rings (SSSR count). The second-order valence-electron chi connectivity index (χ2n) is 6.30. The number of carbonyl (C=O) groups is 1. The Labute approximate surface area is 150 Å². The lowest BCUT2D eigenvalue weighted by Crippen LogP contribution is -2.50. The standard InChI is InChI=1S/C18H21FINO2/c1-23-18(22)17-15(12-3-5-13(19)6-4-12)11-14-7-8-16(17)21(14)10-2-9-20/h2-6,9,14-17H,7-8,10-11H2,1H3/b9-2+/t14-,15-,16?,17?/m1/s1/i20-4. The van der Waals surface area contributed by atoms with Crippen molar-refractivity contribution in [2.24, 2.45) is 5.92 Å². The number of hydrogen-bond acceptors (Lipinski definition) is 3. The lowest BCUT2D eigenvalue weighted by molar-refractivity contribution is -0.150. The van der Waals surface area contributed by atoms with E-state index in [-0.39, 0.29) is 29.7 Å². The number of rotatable bonds is 4. The molecule has 2 bridgehead atoms. The summed E-state index contributed by atoms with van der Waals surface area (Å²) in [6.45, 7) is 0.877. The Morgan fingerprint density at radius 2 is 2.13 bits per heavy atom. The molecule has 1 aromatic carbocycles. The average molecular weight is 425 g/mol. The zero-order valence-corrected chi connectivity index (χ0v) is 15.3. The number of esters is 1. The van der Waals surface area contributed by atoms with Gasteiger partial charge in [0.05, 0.1) is 13.0 Å². The van der Waals surface area contributed by atoms with Crippen molar-refractivity contribution in [1.29, 1.82) is 0 Å². The predicted molar refractivity (Wildman–Crippen MR) is 95.9 cm³/mol. The maximum absolute atomic E-state index is 13.2. The lowest BCUT2D eigenvalue weighted by atomic mass is 9.76. The summed E-state index contributed by atoms with van der Waals surface area (Å²) >= 11 is 2.23. The quantitative estimate of drug-likeness (QED) is 0.542. The van der Waals surface area contributed by atoms with Crippen molar-refractivity contribution in [2.45, 2.75) is 37.3 Å². The fourth-order valence-electron chi connectivity index (χ4n) is 4.27. The minimum absolute atomic E-state index is 0.111. The molecule has 124 valence electrons. The van der Waals surface area contributed by atoms with Crippen LogP contribution in [0.25, 0.3) is 0 Å². The lowest BCUT2D eigenvalue weighted by Gasteiger charge is -2.43. The first-order chi connectivity index (χ1) is 11.2. The number of ether oxygens (including phenoxy) is 1. The number of nitrogens with zero attached hydrogens (tertiary/aromatic N) is 1. The van der Waals surface area contributed by atoms with Crippen molar-refractivity contribution in [3.05, 3.63) is 45.8 Å². The van der Waals surface area contributed by atoms with E-state index in [4.69, 9.17) is 4.74 Å². The van der Waals surface area contributed by atoms with Gasteiger partial charge in [-0.15, -0.1) is 0 Å². The fraction of sp³-hybridized carbons (Fsp3) is 0.500. The molecular weight excluding hydrogens is 404 g/mol. The number of piperidine rings is 1. The normalized spacial score (nSPS) is 30.7. The number of carbonyl (C=O) groups excluding carboxylic acids is 1. The first kappa shape index (κ1) is 16.9. The Balaban J connectivity index is 1.91. The van der Waals surface area contributed by atoms with Gasteiger partial charge in [-0.1, -0.05) is 40.8 Å². The van der Waals surface area contributed by atoms with Crippen LogP contribution in [0.2, 0.25) is 0 Å². The number of hydrogen-bond donors (Lipinski definition) is 0. The van der Waals surface area contributed by atoms with Crippen LogP contribution in [0.3, 0.4) is 0 Å². The summed E-state index contributed by atoms with van der Waals surface area (Å²) in [4.78, 5) is 14.9. The van der Waals surface area contributed by atoms with E-state index in [1.165, 1.54) is 19.2 Å². The van der Waals surface area contributed by atoms with Crippen LogP contribution in [0.15, 0.2) is 34.4 Å². The van der Waals surface area contributed by atoms with Crippen molar-refractivity contribution >= 4 is 28.6 Å². The maximum atomic E-state index is 13.2. The van der Waals surface area contributed by atoms with E-state index in [2.05, 4.69) is 33.6 Å². The molecule has 2 fully saturated rings. The molecule has 23 heavy (non-hydrogen) atoms. The van der Waals surface area contributed by atoms with Gasteiger partial charge < -0.3 is 4.74 Å². The zero-order chi connectivity index (χ0) is 16.4. The van der Waals surface area contributed by atoms with Gasteiger partial charge >= 0.3 is 5.97 Å². The minimum atomic E-state index is -0.240. The van der Waals surface area contributed by atoms with E-state index in [9.17, 15) is 9.18 Å². The molecule has 0 radical (unpaired) electrons. The Bertz CT molecular complexity index is 589. The van der Waals surface area contributed by atoms with Gasteiger partial charge in [-0.3, -0.25) is 9.69 Å². The topological polar surface area (TPSA) is 29.5 Å². The molecule has 1 aromatic rings. The highest BCUT2D eigenvalue weighted by Crippen LogP contribution is 2.47. The van der Waals surface area contributed by atoms with Crippen LogP contribution < -0.4 is 0 Å². The van der Waals surface area contributed by atoms with E-state index < -0.39 is 0 Å².